The number of halogens is 1. The first-order valence-corrected chi connectivity index (χ1v) is 9.03. The van der Waals surface area contributed by atoms with Crippen molar-refractivity contribution in [1.82, 2.24) is 10.2 Å². The van der Waals surface area contributed by atoms with E-state index < -0.39 is 0 Å². The van der Waals surface area contributed by atoms with Gasteiger partial charge in [-0.05, 0) is 31.2 Å². The summed E-state index contributed by atoms with van der Waals surface area (Å²) in [5.41, 5.74) is 0.812. The Morgan fingerprint density at radius 1 is 1.40 bits per heavy atom. The standard InChI is InChI=1S/C16H17ClN4O3S/c1-2-24-9-13(22)18-16-20-19-15(25-16)10-7-14(23)21(8-10)12-5-3-11(17)4-6-12/h3-6,10H,2,7-9H2,1H3,(H,18,20,22). The molecule has 1 fully saturated rings. The molecule has 0 radical (unpaired) electrons. The molecule has 3 rings (SSSR count). The minimum absolute atomic E-state index is 0.0162. The molecule has 2 amide bonds. The van der Waals surface area contributed by atoms with E-state index in [1.807, 2.05) is 19.1 Å². The van der Waals surface area contributed by atoms with Crippen LogP contribution in [0.5, 0.6) is 0 Å². The SMILES string of the molecule is CCOCC(=O)Nc1nnc(C2CC(=O)N(c3ccc(Cl)cc3)C2)s1. The molecule has 1 atom stereocenters. The maximum atomic E-state index is 12.3. The van der Waals surface area contributed by atoms with Gasteiger partial charge in [0.15, 0.2) is 0 Å². The first-order valence-electron chi connectivity index (χ1n) is 7.83. The largest absolute Gasteiger partial charge is 0.372 e. The minimum atomic E-state index is -0.269. The minimum Gasteiger partial charge on any atom is -0.372 e. The summed E-state index contributed by atoms with van der Waals surface area (Å²) in [6, 6.07) is 7.16. The smallest absolute Gasteiger partial charge is 0.252 e. The lowest BCUT2D eigenvalue weighted by molar-refractivity contribution is -0.120. The van der Waals surface area contributed by atoms with Crippen LogP contribution < -0.4 is 10.2 Å². The number of ether oxygens (including phenoxy) is 1. The van der Waals surface area contributed by atoms with Gasteiger partial charge in [-0.1, -0.05) is 22.9 Å². The molecular weight excluding hydrogens is 364 g/mol. The van der Waals surface area contributed by atoms with E-state index in [1.54, 1.807) is 17.0 Å². The van der Waals surface area contributed by atoms with Crippen molar-refractivity contribution < 1.29 is 14.3 Å². The molecule has 0 bridgehead atoms. The van der Waals surface area contributed by atoms with Crippen molar-refractivity contribution in [1.29, 1.82) is 0 Å². The summed E-state index contributed by atoms with van der Waals surface area (Å²) in [5, 5.41) is 12.5. The normalized spacial score (nSPS) is 17.1. The Labute approximate surface area is 153 Å². The highest BCUT2D eigenvalue weighted by molar-refractivity contribution is 7.15. The number of nitrogens with one attached hydrogen (secondary N) is 1. The summed E-state index contributed by atoms with van der Waals surface area (Å²) in [5.74, 6) is -0.280. The summed E-state index contributed by atoms with van der Waals surface area (Å²) in [4.78, 5) is 25.7. The van der Waals surface area contributed by atoms with Gasteiger partial charge in [-0.3, -0.25) is 14.9 Å². The monoisotopic (exact) mass is 380 g/mol. The number of carbonyl (C=O) groups excluding carboxylic acids is 2. The molecule has 1 aliphatic heterocycles. The number of benzene rings is 1. The summed E-state index contributed by atoms with van der Waals surface area (Å²) in [6.07, 6.45) is 0.365. The molecule has 25 heavy (non-hydrogen) atoms. The first kappa shape index (κ1) is 17.8. The molecule has 2 heterocycles. The highest BCUT2D eigenvalue weighted by atomic mass is 35.5. The Balaban J connectivity index is 1.64. The molecule has 7 nitrogen and oxygen atoms in total. The molecule has 1 aromatic carbocycles. The summed E-state index contributed by atoms with van der Waals surface area (Å²) >= 11 is 7.18. The Morgan fingerprint density at radius 2 is 2.16 bits per heavy atom. The summed E-state index contributed by atoms with van der Waals surface area (Å²) in [6.45, 7) is 2.80. The fourth-order valence-electron chi connectivity index (χ4n) is 2.54. The Bertz CT molecular complexity index is 765. The Morgan fingerprint density at radius 3 is 2.88 bits per heavy atom. The van der Waals surface area contributed by atoms with Gasteiger partial charge in [0, 0.05) is 36.2 Å². The molecule has 1 unspecified atom stereocenters. The lowest BCUT2D eigenvalue weighted by Gasteiger charge is -2.16. The molecule has 2 aromatic rings. The number of nitrogens with zero attached hydrogens (tertiary/aromatic N) is 3. The van der Waals surface area contributed by atoms with Gasteiger partial charge in [0.2, 0.25) is 11.0 Å². The van der Waals surface area contributed by atoms with E-state index in [9.17, 15) is 9.59 Å². The van der Waals surface area contributed by atoms with E-state index >= 15 is 0 Å². The molecular formula is C16H17ClN4O3S. The van der Waals surface area contributed by atoms with Crippen molar-refractivity contribution >= 4 is 45.6 Å². The number of hydrogen-bond acceptors (Lipinski definition) is 6. The fourth-order valence-corrected chi connectivity index (χ4v) is 3.52. The lowest BCUT2D eigenvalue weighted by atomic mass is 10.1. The molecule has 1 saturated heterocycles. The van der Waals surface area contributed by atoms with Gasteiger partial charge in [0.1, 0.15) is 11.6 Å². The van der Waals surface area contributed by atoms with Gasteiger partial charge < -0.3 is 9.64 Å². The van der Waals surface area contributed by atoms with Crippen molar-refractivity contribution in [2.75, 3.05) is 30.0 Å². The van der Waals surface area contributed by atoms with Crippen molar-refractivity contribution in [2.45, 2.75) is 19.3 Å². The topological polar surface area (TPSA) is 84.4 Å². The van der Waals surface area contributed by atoms with Gasteiger partial charge in [0.25, 0.3) is 5.91 Å². The van der Waals surface area contributed by atoms with Crippen molar-refractivity contribution in [3.05, 3.63) is 34.3 Å². The molecule has 1 N–H and O–H groups in total. The van der Waals surface area contributed by atoms with E-state index in [-0.39, 0.29) is 24.3 Å². The van der Waals surface area contributed by atoms with Gasteiger partial charge in [-0.15, -0.1) is 10.2 Å². The van der Waals surface area contributed by atoms with Crippen molar-refractivity contribution in [3.63, 3.8) is 0 Å². The molecule has 1 aliphatic rings. The Kier molecular flexibility index (Phi) is 5.62. The zero-order chi connectivity index (χ0) is 17.8. The van der Waals surface area contributed by atoms with Crippen molar-refractivity contribution in [3.8, 4) is 0 Å². The predicted molar refractivity (Wildman–Crippen MR) is 96.2 cm³/mol. The second kappa shape index (κ2) is 7.90. The maximum absolute atomic E-state index is 12.3. The van der Waals surface area contributed by atoms with Crippen LogP contribution >= 0.6 is 22.9 Å². The molecule has 132 valence electrons. The van der Waals surface area contributed by atoms with Crippen LogP contribution in [0.3, 0.4) is 0 Å². The average Bonchev–Trinajstić information content (AvgIpc) is 3.20. The van der Waals surface area contributed by atoms with Gasteiger partial charge in [-0.2, -0.15) is 0 Å². The van der Waals surface area contributed by atoms with Crippen LogP contribution in [-0.4, -0.2) is 41.8 Å². The molecule has 1 aromatic heterocycles. The molecule has 0 spiro atoms. The van der Waals surface area contributed by atoms with Crippen LogP contribution in [0.15, 0.2) is 24.3 Å². The van der Waals surface area contributed by atoms with Gasteiger partial charge in [-0.25, -0.2) is 0 Å². The van der Waals surface area contributed by atoms with Gasteiger partial charge in [0.05, 0.1) is 0 Å². The number of amides is 2. The number of anilines is 2. The zero-order valence-corrected chi connectivity index (χ0v) is 15.1. The third-order valence-electron chi connectivity index (χ3n) is 3.74. The van der Waals surface area contributed by atoms with Crippen molar-refractivity contribution in [2.24, 2.45) is 0 Å². The van der Waals surface area contributed by atoms with E-state index in [0.717, 1.165) is 10.7 Å². The van der Waals surface area contributed by atoms with E-state index in [4.69, 9.17) is 16.3 Å². The average molecular weight is 381 g/mol. The zero-order valence-electron chi connectivity index (χ0n) is 13.6. The number of carbonyl (C=O) groups is 2. The van der Waals surface area contributed by atoms with E-state index in [1.165, 1.54) is 11.3 Å². The predicted octanol–water partition coefficient (Wildman–Crippen LogP) is 2.69. The number of hydrogen-bond donors (Lipinski definition) is 1. The fraction of sp³-hybridized carbons (Fsp3) is 0.375. The second-order valence-electron chi connectivity index (χ2n) is 5.51. The first-order chi connectivity index (χ1) is 12.1. The van der Waals surface area contributed by atoms with E-state index in [2.05, 4.69) is 15.5 Å². The van der Waals surface area contributed by atoms with Crippen LogP contribution in [-0.2, 0) is 14.3 Å². The van der Waals surface area contributed by atoms with Crippen LogP contribution in [0.25, 0.3) is 0 Å². The van der Waals surface area contributed by atoms with Crippen LogP contribution in [0.2, 0.25) is 5.02 Å². The second-order valence-corrected chi connectivity index (χ2v) is 6.96. The Hall–Kier alpha value is -2.03. The molecule has 9 heteroatoms. The van der Waals surface area contributed by atoms with Gasteiger partial charge >= 0.3 is 0 Å². The highest BCUT2D eigenvalue weighted by Gasteiger charge is 2.33. The summed E-state index contributed by atoms with van der Waals surface area (Å²) < 4.78 is 5.04. The highest BCUT2D eigenvalue weighted by Crippen LogP contribution is 2.34. The van der Waals surface area contributed by atoms with Crippen LogP contribution in [0.4, 0.5) is 10.8 Å². The number of rotatable bonds is 6. The third kappa shape index (κ3) is 4.33. The lowest BCUT2D eigenvalue weighted by Crippen LogP contribution is -2.24. The quantitative estimate of drug-likeness (QED) is 0.832. The van der Waals surface area contributed by atoms with Crippen LogP contribution in [0.1, 0.15) is 24.3 Å². The maximum Gasteiger partial charge on any atom is 0.252 e. The molecule has 0 aliphatic carbocycles. The molecule has 0 saturated carbocycles. The number of aromatic nitrogens is 2. The summed E-state index contributed by atoms with van der Waals surface area (Å²) in [7, 11) is 0. The van der Waals surface area contributed by atoms with E-state index in [0.29, 0.717) is 29.7 Å². The van der Waals surface area contributed by atoms with Crippen LogP contribution in [0, 0.1) is 0 Å². The third-order valence-corrected chi connectivity index (χ3v) is 4.99.